The standard InChI is InChI=1S/C23H17N3O4/c1-30-21-15-18(26(28)29)12-13-20(21)25-22(17-10-6-3-7-11-17)24-19(23(25)27)14-16-8-4-2-5-9-16/h2-15H,1H3. The van der Waals surface area contributed by atoms with Gasteiger partial charge in [0, 0.05) is 11.6 Å². The second-order valence-electron chi connectivity index (χ2n) is 6.50. The number of benzene rings is 3. The second kappa shape index (κ2) is 8.00. The van der Waals surface area contributed by atoms with E-state index in [-0.39, 0.29) is 23.0 Å². The summed E-state index contributed by atoms with van der Waals surface area (Å²) in [5.74, 6) is 0.293. The van der Waals surface area contributed by atoms with Crippen molar-refractivity contribution in [1.82, 2.24) is 0 Å². The number of nitro groups is 1. The third-order valence-corrected chi connectivity index (χ3v) is 4.61. The molecule has 3 aromatic carbocycles. The Morgan fingerprint density at radius 3 is 2.30 bits per heavy atom. The summed E-state index contributed by atoms with van der Waals surface area (Å²) >= 11 is 0. The molecule has 1 amide bonds. The summed E-state index contributed by atoms with van der Waals surface area (Å²) in [5, 5.41) is 11.1. The lowest BCUT2D eigenvalue weighted by atomic mass is 10.1. The van der Waals surface area contributed by atoms with Gasteiger partial charge in [0.05, 0.1) is 23.8 Å². The van der Waals surface area contributed by atoms with Gasteiger partial charge in [-0.25, -0.2) is 4.99 Å². The van der Waals surface area contributed by atoms with E-state index in [1.54, 1.807) is 6.08 Å². The van der Waals surface area contributed by atoms with E-state index in [1.807, 2.05) is 60.7 Å². The van der Waals surface area contributed by atoms with E-state index in [0.29, 0.717) is 11.5 Å². The van der Waals surface area contributed by atoms with Crippen LogP contribution in [0.1, 0.15) is 11.1 Å². The van der Waals surface area contributed by atoms with Gasteiger partial charge in [-0.15, -0.1) is 0 Å². The second-order valence-corrected chi connectivity index (χ2v) is 6.50. The number of carbonyl (C=O) groups excluding carboxylic acids is 1. The lowest BCUT2D eigenvalue weighted by molar-refractivity contribution is -0.384. The molecule has 4 rings (SSSR count). The summed E-state index contributed by atoms with van der Waals surface area (Å²) in [6.07, 6.45) is 1.71. The third kappa shape index (κ3) is 3.56. The van der Waals surface area contributed by atoms with Gasteiger partial charge in [-0.2, -0.15) is 0 Å². The van der Waals surface area contributed by atoms with Crippen molar-refractivity contribution in [2.24, 2.45) is 4.99 Å². The predicted octanol–water partition coefficient (Wildman–Crippen LogP) is 4.44. The summed E-state index contributed by atoms with van der Waals surface area (Å²) in [6, 6.07) is 22.8. The molecule has 0 spiro atoms. The van der Waals surface area contributed by atoms with Crippen LogP contribution in [-0.2, 0) is 4.79 Å². The quantitative estimate of drug-likeness (QED) is 0.361. The van der Waals surface area contributed by atoms with E-state index in [9.17, 15) is 14.9 Å². The minimum absolute atomic E-state index is 0.125. The number of nitro benzene ring substituents is 1. The molecule has 0 unspecified atom stereocenters. The number of nitrogens with zero attached hydrogens (tertiary/aromatic N) is 3. The van der Waals surface area contributed by atoms with Gasteiger partial charge >= 0.3 is 0 Å². The molecule has 0 saturated carbocycles. The van der Waals surface area contributed by atoms with Crippen LogP contribution in [-0.4, -0.2) is 23.8 Å². The molecule has 0 saturated heterocycles. The summed E-state index contributed by atoms with van der Waals surface area (Å²) in [6.45, 7) is 0. The first-order valence-corrected chi connectivity index (χ1v) is 9.16. The molecule has 1 aliphatic heterocycles. The zero-order valence-electron chi connectivity index (χ0n) is 16.1. The Morgan fingerprint density at radius 2 is 1.67 bits per heavy atom. The average molecular weight is 399 g/mol. The number of non-ortho nitro benzene ring substituents is 1. The lowest BCUT2D eigenvalue weighted by Crippen LogP contribution is -2.33. The Morgan fingerprint density at radius 1 is 1.00 bits per heavy atom. The van der Waals surface area contributed by atoms with Crippen LogP contribution >= 0.6 is 0 Å². The van der Waals surface area contributed by atoms with E-state index >= 15 is 0 Å². The van der Waals surface area contributed by atoms with Crippen LogP contribution in [0.15, 0.2) is 89.6 Å². The van der Waals surface area contributed by atoms with Crippen LogP contribution in [0.3, 0.4) is 0 Å². The fourth-order valence-corrected chi connectivity index (χ4v) is 3.19. The van der Waals surface area contributed by atoms with Crippen molar-refractivity contribution in [3.63, 3.8) is 0 Å². The molecule has 7 heteroatoms. The van der Waals surface area contributed by atoms with Gasteiger partial charge in [-0.05, 0) is 17.7 Å². The van der Waals surface area contributed by atoms with Crippen molar-refractivity contribution in [3.05, 3.63) is 106 Å². The number of hydrogen-bond donors (Lipinski definition) is 0. The first kappa shape index (κ1) is 19.1. The number of amidine groups is 1. The first-order chi connectivity index (χ1) is 14.6. The summed E-state index contributed by atoms with van der Waals surface area (Å²) < 4.78 is 5.36. The normalized spacial score (nSPS) is 14.7. The van der Waals surface area contributed by atoms with Gasteiger partial charge in [0.25, 0.3) is 11.6 Å². The van der Waals surface area contributed by atoms with Crippen LogP contribution in [0.5, 0.6) is 5.75 Å². The molecule has 0 aromatic heterocycles. The number of rotatable bonds is 5. The molecular weight excluding hydrogens is 382 g/mol. The van der Waals surface area contributed by atoms with Crippen molar-refractivity contribution in [1.29, 1.82) is 0 Å². The fraction of sp³-hybridized carbons (Fsp3) is 0.0435. The molecule has 1 heterocycles. The topological polar surface area (TPSA) is 85.0 Å². The van der Waals surface area contributed by atoms with E-state index in [4.69, 9.17) is 4.74 Å². The molecule has 1 aliphatic rings. The maximum Gasteiger partial charge on any atom is 0.282 e. The molecule has 30 heavy (non-hydrogen) atoms. The van der Waals surface area contributed by atoms with Gasteiger partial charge in [-0.3, -0.25) is 19.8 Å². The Balaban J connectivity index is 1.86. The molecule has 3 aromatic rings. The molecule has 0 N–H and O–H groups in total. The van der Waals surface area contributed by atoms with Gasteiger partial charge in [0.15, 0.2) is 0 Å². The smallest absolute Gasteiger partial charge is 0.282 e. The van der Waals surface area contributed by atoms with E-state index < -0.39 is 4.92 Å². The van der Waals surface area contributed by atoms with E-state index in [0.717, 1.165) is 11.1 Å². The van der Waals surface area contributed by atoms with Crippen molar-refractivity contribution >= 4 is 29.2 Å². The van der Waals surface area contributed by atoms with Gasteiger partial charge < -0.3 is 4.74 Å². The minimum atomic E-state index is -0.509. The van der Waals surface area contributed by atoms with E-state index in [1.165, 1.54) is 30.2 Å². The Bertz CT molecular complexity index is 1170. The summed E-state index contributed by atoms with van der Waals surface area (Å²) in [7, 11) is 1.41. The third-order valence-electron chi connectivity index (χ3n) is 4.61. The number of methoxy groups -OCH3 is 1. The number of ether oxygens (including phenoxy) is 1. The molecular formula is C23H17N3O4. The highest BCUT2D eigenvalue weighted by Crippen LogP contribution is 2.36. The molecule has 0 fully saturated rings. The zero-order chi connectivity index (χ0) is 21.1. The number of amides is 1. The van der Waals surface area contributed by atoms with E-state index in [2.05, 4.69) is 4.99 Å². The maximum absolute atomic E-state index is 13.3. The minimum Gasteiger partial charge on any atom is -0.494 e. The van der Waals surface area contributed by atoms with Crippen LogP contribution in [0.25, 0.3) is 6.08 Å². The molecule has 0 radical (unpaired) electrons. The highest BCUT2D eigenvalue weighted by Gasteiger charge is 2.34. The Kier molecular flexibility index (Phi) is 5.09. The molecule has 7 nitrogen and oxygen atoms in total. The number of carbonyl (C=O) groups is 1. The highest BCUT2D eigenvalue weighted by molar-refractivity contribution is 6.33. The molecule has 0 aliphatic carbocycles. The largest absolute Gasteiger partial charge is 0.494 e. The Hall–Kier alpha value is -4.26. The molecule has 0 atom stereocenters. The van der Waals surface area contributed by atoms with Crippen molar-refractivity contribution < 1.29 is 14.5 Å². The molecule has 0 bridgehead atoms. The maximum atomic E-state index is 13.3. The highest BCUT2D eigenvalue weighted by atomic mass is 16.6. The summed E-state index contributed by atoms with van der Waals surface area (Å²) in [5.41, 5.74) is 2.10. The zero-order valence-corrected chi connectivity index (χ0v) is 16.1. The summed E-state index contributed by atoms with van der Waals surface area (Å²) in [4.78, 5) is 30.0. The average Bonchev–Trinajstić information content (AvgIpc) is 3.10. The fourth-order valence-electron chi connectivity index (χ4n) is 3.19. The first-order valence-electron chi connectivity index (χ1n) is 9.16. The van der Waals surface area contributed by atoms with Crippen molar-refractivity contribution in [2.45, 2.75) is 0 Å². The number of anilines is 1. The van der Waals surface area contributed by atoms with Gasteiger partial charge in [0.2, 0.25) is 0 Å². The monoisotopic (exact) mass is 399 g/mol. The lowest BCUT2D eigenvalue weighted by Gasteiger charge is -2.20. The Labute approximate surface area is 172 Å². The van der Waals surface area contributed by atoms with Crippen LogP contribution in [0.2, 0.25) is 0 Å². The van der Waals surface area contributed by atoms with Crippen LogP contribution in [0.4, 0.5) is 11.4 Å². The van der Waals surface area contributed by atoms with Crippen LogP contribution < -0.4 is 9.64 Å². The number of aliphatic imine (C=N–C) groups is 1. The van der Waals surface area contributed by atoms with Gasteiger partial charge in [0.1, 0.15) is 17.3 Å². The predicted molar refractivity (Wildman–Crippen MR) is 115 cm³/mol. The van der Waals surface area contributed by atoms with Crippen LogP contribution in [0, 0.1) is 10.1 Å². The molecule has 148 valence electrons. The van der Waals surface area contributed by atoms with Crippen molar-refractivity contribution in [2.75, 3.05) is 12.0 Å². The number of hydrogen-bond acceptors (Lipinski definition) is 5. The van der Waals surface area contributed by atoms with Crippen molar-refractivity contribution in [3.8, 4) is 5.75 Å². The SMILES string of the molecule is COc1cc([N+](=O)[O-])ccc1N1C(=O)C(=Cc2ccccc2)N=C1c1ccccc1. The van der Waals surface area contributed by atoms with Gasteiger partial charge in [-0.1, -0.05) is 60.7 Å².